The summed E-state index contributed by atoms with van der Waals surface area (Å²) in [7, 11) is -1.28. The van der Waals surface area contributed by atoms with Gasteiger partial charge in [0.05, 0.1) is 12.8 Å². The van der Waals surface area contributed by atoms with Crippen LogP contribution in [-0.4, -0.2) is 19.9 Å². The van der Waals surface area contributed by atoms with Gasteiger partial charge in [0, 0.05) is 7.11 Å². The molecule has 4 heteroatoms. The van der Waals surface area contributed by atoms with E-state index in [-0.39, 0.29) is 0 Å². The first kappa shape index (κ1) is 12.2. The molecule has 0 heterocycles. The molecule has 1 unspecified atom stereocenters. The van der Waals surface area contributed by atoms with Crippen LogP contribution in [0, 0.1) is 0 Å². The smallest absolute Gasteiger partial charge is 0.312 e. The first-order valence-electron chi connectivity index (χ1n) is 4.48. The van der Waals surface area contributed by atoms with E-state index in [9.17, 15) is 4.57 Å². The van der Waals surface area contributed by atoms with Crippen molar-refractivity contribution in [1.29, 1.82) is 0 Å². The van der Waals surface area contributed by atoms with E-state index in [2.05, 4.69) is 6.92 Å². The van der Waals surface area contributed by atoms with E-state index in [0.29, 0.717) is 12.8 Å². The van der Waals surface area contributed by atoms with Gasteiger partial charge >= 0.3 is 7.60 Å². The second kappa shape index (κ2) is 6.64. The molecule has 1 atom stereocenters. The molecular weight excluding hydrogens is 175 g/mol. The Morgan fingerprint density at radius 2 is 1.92 bits per heavy atom. The zero-order valence-corrected chi connectivity index (χ0v) is 9.10. The van der Waals surface area contributed by atoms with Crippen LogP contribution in [-0.2, 0) is 13.6 Å². The van der Waals surface area contributed by atoms with Crippen LogP contribution in [0.1, 0.15) is 33.1 Å². The fourth-order valence-corrected chi connectivity index (χ4v) is 2.38. The zero-order valence-electron chi connectivity index (χ0n) is 8.21. The standard InChI is InChI=1S/C8H19O3P/c1-4-6-7-8-12(9,10-3)11-5-2/h4-8H2,1-3H3. The lowest BCUT2D eigenvalue weighted by Crippen LogP contribution is -1.97. The van der Waals surface area contributed by atoms with Crippen molar-refractivity contribution in [2.75, 3.05) is 19.9 Å². The fourth-order valence-electron chi connectivity index (χ4n) is 0.961. The highest BCUT2D eigenvalue weighted by molar-refractivity contribution is 7.53. The first-order valence-corrected chi connectivity index (χ1v) is 6.20. The molecule has 0 saturated heterocycles. The molecular formula is C8H19O3P. The monoisotopic (exact) mass is 194 g/mol. The Kier molecular flexibility index (Phi) is 6.73. The summed E-state index contributed by atoms with van der Waals surface area (Å²) in [6, 6.07) is 0. The van der Waals surface area contributed by atoms with Crippen LogP contribution in [0.25, 0.3) is 0 Å². The van der Waals surface area contributed by atoms with Crippen molar-refractivity contribution in [3.8, 4) is 0 Å². The largest absolute Gasteiger partial charge is 0.330 e. The van der Waals surface area contributed by atoms with Crippen LogP contribution in [0.4, 0.5) is 0 Å². The summed E-state index contributed by atoms with van der Waals surface area (Å²) in [5.41, 5.74) is 0. The second-order valence-corrected chi connectivity index (χ2v) is 4.93. The van der Waals surface area contributed by atoms with Gasteiger partial charge in [-0.15, -0.1) is 0 Å². The van der Waals surface area contributed by atoms with Crippen molar-refractivity contribution in [2.45, 2.75) is 33.1 Å². The minimum atomic E-state index is -2.73. The van der Waals surface area contributed by atoms with Gasteiger partial charge in [-0.3, -0.25) is 4.57 Å². The topological polar surface area (TPSA) is 35.5 Å². The Balaban J connectivity index is 3.72. The highest BCUT2D eigenvalue weighted by atomic mass is 31.2. The molecule has 0 aromatic rings. The Labute approximate surface area is 75.0 Å². The van der Waals surface area contributed by atoms with Crippen LogP contribution < -0.4 is 0 Å². The summed E-state index contributed by atoms with van der Waals surface area (Å²) in [6.45, 7) is 4.39. The predicted octanol–water partition coefficient (Wildman–Crippen LogP) is 3.05. The van der Waals surface area contributed by atoms with Crippen LogP contribution >= 0.6 is 7.60 Å². The predicted molar refractivity (Wildman–Crippen MR) is 50.6 cm³/mol. The molecule has 0 bridgehead atoms. The quantitative estimate of drug-likeness (QED) is 0.461. The summed E-state index contributed by atoms with van der Waals surface area (Å²) in [4.78, 5) is 0. The molecule has 74 valence electrons. The second-order valence-electron chi connectivity index (χ2n) is 2.64. The van der Waals surface area contributed by atoms with Crippen LogP contribution in [0.3, 0.4) is 0 Å². The van der Waals surface area contributed by atoms with E-state index >= 15 is 0 Å². The molecule has 0 aromatic carbocycles. The lowest BCUT2D eigenvalue weighted by molar-refractivity contribution is 0.243. The summed E-state index contributed by atoms with van der Waals surface area (Å²) in [5.74, 6) is 0. The van der Waals surface area contributed by atoms with Gasteiger partial charge in [0.1, 0.15) is 0 Å². The van der Waals surface area contributed by atoms with Gasteiger partial charge < -0.3 is 9.05 Å². The maximum Gasteiger partial charge on any atom is 0.330 e. The Bertz CT molecular complexity index is 147. The van der Waals surface area contributed by atoms with E-state index in [1.807, 2.05) is 6.92 Å². The van der Waals surface area contributed by atoms with Gasteiger partial charge in [-0.2, -0.15) is 0 Å². The van der Waals surface area contributed by atoms with Crippen molar-refractivity contribution in [3.05, 3.63) is 0 Å². The Morgan fingerprint density at radius 1 is 1.25 bits per heavy atom. The molecule has 0 spiro atoms. The third kappa shape index (κ3) is 4.91. The van der Waals surface area contributed by atoms with Gasteiger partial charge in [-0.25, -0.2) is 0 Å². The van der Waals surface area contributed by atoms with Crippen LogP contribution in [0.5, 0.6) is 0 Å². The Morgan fingerprint density at radius 3 is 2.33 bits per heavy atom. The average Bonchev–Trinajstić information content (AvgIpc) is 2.06. The zero-order chi connectivity index (χ0) is 9.45. The maximum atomic E-state index is 11.6. The molecule has 0 amide bonds. The first-order chi connectivity index (χ1) is 5.68. The number of rotatable bonds is 7. The fraction of sp³-hybridized carbons (Fsp3) is 1.00. The molecule has 0 rings (SSSR count). The summed E-state index contributed by atoms with van der Waals surface area (Å²) in [6.07, 6.45) is 3.67. The molecule has 0 aliphatic carbocycles. The van der Waals surface area contributed by atoms with Crippen molar-refractivity contribution in [2.24, 2.45) is 0 Å². The molecule has 12 heavy (non-hydrogen) atoms. The van der Waals surface area contributed by atoms with Crippen LogP contribution in [0.2, 0.25) is 0 Å². The van der Waals surface area contributed by atoms with Gasteiger partial charge in [-0.05, 0) is 13.3 Å². The van der Waals surface area contributed by atoms with E-state index in [4.69, 9.17) is 9.05 Å². The minimum absolute atomic E-state index is 0.456. The highest BCUT2D eigenvalue weighted by Gasteiger charge is 2.20. The summed E-state index contributed by atoms with van der Waals surface area (Å²) < 4.78 is 21.5. The van der Waals surface area contributed by atoms with Gasteiger partial charge in [0.25, 0.3) is 0 Å². The molecule has 0 aromatic heterocycles. The number of hydrogen-bond acceptors (Lipinski definition) is 3. The minimum Gasteiger partial charge on any atom is -0.312 e. The third-order valence-electron chi connectivity index (χ3n) is 1.64. The lowest BCUT2D eigenvalue weighted by atomic mass is 10.3. The van der Waals surface area contributed by atoms with Crippen molar-refractivity contribution in [1.82, 2.24) is 0 Å². The summed E-state index contributed by atoms with van der Waals surface area (Å²) >= 11 is 0. The molecule has 0 aliphatic rings. The van der Waals surface area contributed by atoms with Crippen molar-refractivity contribution < 1.29 is 13.6 Å². The average molecular weight is 194 g/mol. The van der Waals surface area contributed by atoms with Crippen molar-refractivity contribution >= 4 is 7.60 Å². The van der Waals surface area contributed by atoms with Crippen molar-refractivity contribution in [3.63, 3.8) is 0 Å². The van der Waals surface area contributed by atoms with Gasteiger partial charge in [0.15, 0.2) is 0 Å². The van der Waals surface area contributed by atoms with E-state index in [1.165, 1.54) is 7.11 Å². The van der Waals surface area contributed by atoms with E-state index in [0.717, 1.165) is 19.3 Å². The van der Waals surface area contributed by atoms with E-state index < -0.39 is 7.60 Å². The van der Waals surface area contributed by atoms with Crippen LogP contribution in [0.15, 0.2) is 0 Å². The van der Waals surface area contributed by atoms with E-state index in [1.54, 1.807) is 0 Å². The molecule has 3 nitrogen and oxygen atoms in total. The van der Waals surface area contributed by atoms with Gasteiger partial charge in [-0.1, -0.05) is 19.8 Å². The SMILES string of the molecule is CCCCCP(=O)(OC)OCC. The Hall–Kier alpha value is 0.150. The summed E-state index contributed by atoms with van der Waals surface area (Å²) in [5, 5.41) is 0. The molecule has 0 radical (unpaired) electrons. The normalized spacial score (nSPS) is 15.9. The third-order valence-corrected chi connectivity index (χ3v) is 3.71. The molecule has 0 N–H and O–H groups in total. The highest BCUT2D eigenvalue weighted by Crippen LogP contribution is 2.47. The van der Waals surface area contributed by atoms with Gasteiger partial charge in [0.2, 0.25) is 0 Å². The lowest BCUT2D eigenvalue weighted by Gasteiger charge is -2.14. The molecule has 0 fully saturated rings. The number of hydrogen-bond donors (Lipinski definition) is 0. The number of unbranched alkanes of at least 4 members (excludes halogenated alkanes) is 2. The molecule has 0 aliphatic heterocycles. The molecule has 0 saturated carbocycles. The maximum absolute atomic E-state index is 11.6.